The van der Waals surface area contributed by atoms with Gasteiger partial charge < -0.3 is 9.84 Å². The van der Waals surface area contributed by atoms with Crippen LogP contribution in [0, 0.1) is 0 Å². The molecule has 0 saturated carbocycles. The van der Waals surface area contributed by atoms with E-state index in [2.05, 4.69) is 59.1 Å². The monoisotopic (exact) mass is 373 g/mol. The number of nitrogens with zero attached hydrogens (tertiary/aromatic N) is 1. The van der Waals surface area contributed by atoms with Crippen LogP contribution in [0.1, 0.15) is 76.4 Å². The third-order valence-electron chi connectivity index (χ3n) is 5.11. The van der Waals surface area contributed by atoms with Crippen molar-refractivity contribution in [2.75, 3.05) is 13.2 Å². The molecule has 1 fully saturated rings. The standard InChI is InChI=1S/C22H31NO2S/c1-21(2,3)16-11-15(12-17(19(16)24)22(4,5)6)18-13-26-20(23-18)14-7-9-25-10-8-14/h11-14,24H,7-10H2,1-6H3. The van der Waals surface area contributed by atoms with Gasteiger partial charge in [0.2, 0.25) is 0 Å². The first-order valence-electron chi connectivity index (χ1n) is 9.49. The highest BCUT2D eigenvalue weighted by Crippen LogP contribution is 2.42. The summed E-state index contributed by atoms with van der Waals surface area (Å²) in [5.41, 5.74) is 3.85. The number of aromatic hydroxyl groups is 1. The first-order valence-corrected chi connectivity index (χ1v) is 10.4. The van der Waals surface area contributed by atoms with E-state index in [0.29, 0.717) is 11.7 Å². The minimum atomic E-state index is -0.125. The molecule has 26 heavy (non-hydrogen) atoms. The lowest BCUT2D eigenvalue weighted by atomic mass is 9.78. The molecule has 3 nitrogen and oxygen atoms in total. The zero-order chi connectivity index (χ0) is 19.1. The molecule has 1 aromatic heterocycles. The second kappa shape index (κ2) is 6.97. The summed E-state index contributed by atoms with van der Waals surface area (Å²) >= 11 is 1.75. The van der Waals surface area contributed by atoms with E-state index >= 15 is 0 Å². The SMILES string of the molecule is CC(C)(C)c1cc(-c2csc(C3CCOCC3)n2)cc(C(C)(C)C)c1O. The Labute approximate surface area is 161 Å². The number of benzene rings is 1. The van der Waals surface area contributed by atoms with E-state index in [1.165, 1.54) is 5.01 Å². The van der Waals surface area contributed by atoms with E-state index in [-0.39, 0.29) is 10.8 Å². The molecule has 0 spiro atoms. The van der Waals surface area contributed by atoms with Crippen molar-refractivity contribution in [3.05, 3.63) is 33.6 Å². The summed E-state index contributed by atoms with van der Waals surface area (Å²) < 4.78 is 5.48. The highest BCUT2D eigenvalue weighted by molar-refractivity contribution is 7.10. The van der Waals surface area contributed by atoms with Gasteiger partial charge in [0.1, 0.15) is 5.75 Å². The Bertz CT molecular complexity index is 739. The van der Waals surface area contributed by atoms with Crippen LogP contribution < -0.4 is 0 Å². The molecule has 0 amide bonds. The summed E-state index contributed by atoms with van der Waals surface area (Å²) in [6.07, 6.45) is 2.12. The molecule has 0 unspecified atom stereocenters. The Hall–Kier alpha value is -1.39. The summed E-state index contributed by atoms with van der Waals surface area (Å²) in [4.78, 5) is 4.96. The lowest BCUT2D eigenvalue weighted by Crippen LogP contribution is -2.17. The average Bonchev–Trinajstić information content (AvgIpc) is 3.03. The van der Waals surface area contributed by atoms with Gasteiger partial charge in [-0.3, -0.25) is 0 Å². The van der Waals surface area contributed by atoms with Crippen molar-refractivity contribution < 1.29 is 9.84 Å². The van der Waals surface area contributed by atoms with Crippen molar-refractivity contribution in [2.45, 2.75) is 71.1 Å². The maximum Gasteiger partial charge on any atom is 0.123 e. The molecular formula is C22H31NO2S. The van der Waals surface area contributed by atoms with E-state index < -0.39 is 0 Å². The predicted octanol–water partition coefficient (Wildman–Crippen LogP) is 6.00. The fourth-order valence-corrected chi connectivity index (χ4v) is 4.48. The van der Waals surface area contributed by atoms with Gasteiger partial charge in [-0.15, -0.1) is 11.3 Å². The van der Waals surface area contributed by atoms with Gasteiger partial charge in [-0.2, -0.15) is 0 Å². The van der Waals surface area contributed by atoms with E-state index in [9.17, 15) is 5.11 Å². The molecule has 3 rings (SSSR count). The summed E-state index contributed by atoms with van der Waals surface area (Å²) in [5.74, 6) is 0.942. The van der Waals surface area contributed by atoms with Crippen LogP contribution in [0.15, 0.2) is 17.5 Å². The number of aromatic nitrogens is 1. The molecule has 142 valence electrons. The normalized spacial score (nSPS) is 16.8. The minimum absolute atomic E-state index is 0.125. The van der Waals surface area contributed by atoms with Crippen molar-refractivity contribution in [1.29, 1.82) is 0 Å². The molecule has 1 N–H and O–H groups in total. The zero-order valence-electron chi connectivity index (χ0n) is 16.8. The molecule has 4 heteroatoms. The quantitative estimate of drug-likeness (QED) is 0.701. The molecule has 1 aliphatic heterocycles. The molecule has 0 bridgehead atoms. The van der Waals surface area contributed by atoms with E-state index in [4.69, 9.17) is 9.72 Å². The van der Waals surface area contributed by atoms with Crippen LogP contribution in [-0.2, 0) is 15.6 Å². The third-order valence-corrected chi connectivity index (χ3v) is 6.12. The van der Waals surface area contributed by atoms with Crippen LogP contribution in [-0.4, -0.2) is 23.3 Å². The van der Waals surface area contributed by atoms with Crippen molar-refractivity contribution >= 4 is 11.3 Å². The Balaban J connectivity index is 2.06. The number of phenols is 1. The van der Waals surface area contributed by atoms with E-state index in [1.807, 2.05) is 0 Å². The average molecular weight is 374 g/mol. The first-order chi connectivity index (χ1) is 12.1. The first kappa shape index (κ1) is 19.4. The molecular weight excluding hydrogens is 342 g/mol. The Kier molecular flexibility index (Phi) is 5.19. The van der Waals surface area contributed by atoms with Gasteiger partial charge in [-0.05, 0) is 35.8 Å². The Morgan fingerprint density at radius 1 is 1.00 bits per heavy atom. The lowest BCUT2D eigenvalue weighted by molar-refractivity contribution is 0.0853. The lowest BCUT2D eigenvalue weighted by Gasteiger charge is -2.28. The minimum Gasteiger partial charge on any atom is -0.507 e. The van der Waals surface area contributed by atoms with Gasteiger partial charge in [0.15, 0.2) is 0 Å². The molecule has 1 aromatic carbocycles. The van der Waals surface area contributed by atoms with Crippen molar-refractivity contribution in [1.82, 2.24) is 4.98 Å². The van der Waals surface area contributed by atoms with Crippen molar-refractivity contribution in [2.24, 2.45) is 0 Å². The number of hydrogen-bond acceptors (Lipinski definition) is 4. The van der Waals surface area contributed by atoms with Crippen LogP contribution in [0.2, 0.25) is 0 Å². The number of thiazole rings is 1. The van der Waals surface area contributed by atoms with E-state index in [1.54, 1.807) is 11.3 Å². The van der Waals surface area contributed by atoms with Gasteiger partial charge in [0.05, 0.1) is 10.7 Å². The van der Waals surface area contributed by atoms with Gasteiger partial charge in [-0.25, -0.2) is 4.98 Å². The number of phenolic OH excluding ortho intramolecular Hbond substituents is 1. The van der Waals surface area contributed by atoms with Gasteiger partial charge in [-0.1, -0.05) is 41.5 Å². The maximum absolute atomic E-state index is 10.9. The third kappa shape index (κ3) is 3.96. The fraction of sp³-hybridized carbons (Fsp3) is 0.591. The molecule has 0 radical (unpaired) electrons. The van der Waals surface area contributed by atoms with Crippen molar-refractivity contribution in [3.8, 4) is 17.0 Å². The second-order valence-corrected chi connectivity index (χ2v) is 10.3. The van der Waals surface area contributed by atoms with E-state index in [0.717, 1.165) is 48.4 Å². The number of rotatable bonds is 2. The van der Waals surface area contributed by atoms with Crippen molar-refractivity contribution in [3.63, 3.8) is 0 Å². The molecule has 0 aliphatic carbocycles. The molecule has 2 aromatic rings. The molecule has 1 aliphatic rings. The summed E-state index contributed by atoms with van der Waals surface area (Å²) in [6, 6.07) is 4.24. The molecule has 0 atom stereocenters. The highest BCUT2D eigenvalue weighted by atomic mass is 32.1. The van der Waals surface area contributed by atoms with Crippen LogP contribution in [0.25, 0.3) is 11.3 Å². The Morgan fingerprint density at radius 3 is 2.04 bits per heavy atom. The second-order valence-electron chi connectivity index (χ2n) is 9.38. The number of ether oxygens (including phenoxy) is 1. The molecule has 1 saturated heterocycles. The largest absolute Gasteiger partial charge is 0.507 e. The zero-order valence-corrected chi connectivity index (χ0v) is 17.7. The summed E-state index contributed by atoms with van der Waals surface area (Å²) in [5, 5.41) is 14.3. The highest BCUT2D eigenvalue weighted by Gasteiger charge is 2.27. The summed E-state index contributed by atoms with van der Waals surface area (Å²) in [7, 11) is 0. The van der Waals surface area contributed by atoms with Gasteiger partial charge in [0, 0.05) is 41.2 Å². The Morgan fingerprint density at radius 2 is 1.54 bits per heavy atom. The maximum atomic E-state index is 10.9. The summed E-state index contributed by atoms with van der Waals surface area (Å²) in [6.45, 7) is 14.5. The fourth-order valence-electron chi connectivity index (χ4n) is 3.48. The topological polar surface area (TPSA) is 42.4 Å². The van der Waals surface area contributed by atoms with Crippen LogP contribution in [0.5, 0.6) is 5.75 Å². The smallest absolute Gasteiger partial charge is 0.123 e. The predicted molar refractivity (Wildman–Crippen MR) is 109 cm³/mol. The van der Waals surface area contributed by atoms with Gasteiger partial charge in [0.25, 0.3) is 0 Å². The van der Waals surface area contributed by atoms with Gasteiger partial charge >= 0.3 is 0 Å². The van der Waals surface area contributed by atoms with Crippen LogP contribution in [0.3, 0.4) is 0 Å². The number of hydrogen-bond donors (Lipinski definition) is 1. The van der Waals surface area contributed by atoms with Crippen LogP contribution in [0.4, 0.5) is 0 Å². The van der Waals surface area contributed by atoms with Crippen LogP contribution >= 0.6 is 11.3 Å². The molecule has 2 heterocycles.